The average molecular weight is 1270 g/mol. The molecular formula is C59H92O29. The molecule has 15 N–H and O–H groups in total. The van der Waals surface area contributed by atoms with E-state index < -0.39 is 237 Å². The number of carbonyl (C=O) groups is 3. The first-order valence-electron chi connectivity index (χ1n) is 30.7. The maximum Gasteiger partial charge on any atom is 0.317 e. The molecule has 0 aromatic rings. The standard InChI is InChI=1S/C59H92O29/c1-22-42(82-23(2)61)44(85-48-39(72)35(68)28(64)20-79-48)41(74)50(81-22)86-45-36(69)29(65)21-80-51(45)88-53(77)59-14-13-54(3,4)15-25(59)24-9-10-31-55(5)16-26(62)46(58(8,52(75)76)32(55)11-12-56(31,6)57(24,7)17-33(59)66)87-49-40(73)37(70)43(30(18-60)83-49)84-47-38(71)34(67)27(63)19-78-47/h9,22,25-51,60,62-74H,10-21H2,1-8H3,(H,75,76)/t22-,25-,26-,27+,28-,29+,30+,31+,32+,33+,34-,35-,36-,37+,38+,39+,40+,41+,42-,43+,44-,45+,46-,47-,48-,49-,50-,51-,55+,56+,57+,58-,59+/m0/s1. The number of ether oxygens (including phenoxy) is 11. The molecule has 5 aliphatic heterocycles. The Hall–Kier alpha value is -2.77. The first-order chi connectivity index (χ1) is 41.1. The summed E-state index contributed by atoms with van der Waals surface area (Å²) in [6, 6.07) is 0. The number of aliphatic hydroxyl groups excluding tert-OH is 14. The van der Waals surface area contributed by atoms with Gasteiger partial charge in [-0.05, 0) is 105 Å². The molecule has 9 fully saturated rings. The number of hydrogen-bond acceptors (Lipinski definition) is 28. The van der Waals surface area contributed by atoms with Gasteiger partial charge in [-0.15, -0.1) is 0 Å². The van der Waals surface area contributed by atoms with Crippen molar-refractivity contribution in [3.8, 4) is 0 Å². The highest BCUT2D eigenvalue weighted by atomic mass is 16.8. The van der Waals surface area contributed by atoms with E-state index in [1.807, 2.05) is 6.92 Å². The highest BCUT2D eigenvalue weighted by molar-refractivity contribution is 5.80. The van der Waals surface area contributed by atoms with Gasteiger partial charge in [0.1, 0.15) is 97.0 Å². The second-order valence-corrected chi connectivity index (χ2v) is 28.3. The van der Waals surface area contributed by atoms with Gasteiger partial charge in [0.05, 0.1) is 50.2 Å². The van der Waals surface area contributed by atoms with Gasteiger partial charge in [-0.25, -0.2) is 0 Å². The summed E-state index contributed by atoms with van der Waals surface area (Å²) < 4.78 is 64.4. The van der Waals surface area contributed by atoms with E-state index >= 15 is 4.79 Å². The van der Waals surface area contributed by atoms with Crippen molar-refractivity contribution in [2.75, 3.05) is 26.4 Å². The van der Waals surface area contributed by atoms with Crippen molar-refractivity contribution in [1.29, 1.82) is 0 Å². The topological polar surface area (TPSA) is 456 Å². The molecule has 5 aliphatic carbocycles. The number of allylic oxidation sites excluding steroid dienone is 2. The van der Waals surface area contributed by atoms with Crippen LogP contribution in [0.3, 0.4) is 0 Å². The van der Waals surface area contributed by atoms with E-state index in [4.69, 9.17) is 52.1 Å². The number of hydrogen-bond donors (Lipinski definition) is 15. The lowest BCUT2D eigenvalue weighted by Crippen LogP contribution is -2.71. The van der Waals surface area contributed by atoms with Gasteiger partial charge in [-0.2, -0.15) is 0 Å². The summed E-state index contributed by atoms with van der Waals surface area (Å²) in [4.78, 5) is 41.8. The van der Waals surface area contributed by atoms with Crippen LogP contribution in [-0.4, -0.2) is 274 Å². The minimum atomic E-state index is -1.97. The fourth-order valence-corrected chi connectivity index (χ4v) is 17.6. The molecule has 33 atom stereocenters. The molecule has 29 heteroatoms. The third kappa shape index (κ3) is 11.2. The summed E-state index contributed by atoms with van der Waals surface area (Å²) >= 11 is 0. The number of carbonyl (C=O) groups excluding carboxylic acids is 2. The quantitative estimate of drug-likeness (QED) is 0.0480. The van der Waals surface area contributed by atoms with Crippen LogP contribution in [0.5, 0.6) is 0 Å². The van der Waals surface area contributed by atoms with E-state index in [0.29, 0.717) is 25.7 Å². The normalized spacial score (nSPS) is 53.6. The molecule has 502 valence electrons. The molecule has 0 radical (unpaired) electrons. The van der Waals surface area contributed by atoms with Gasteiger partial charge in [-0.3, -0.25) is 14.4 Å². The molecule has 29 nitrogen and oxygen atoms in total. The SMILES string of the molecule is CC(=O)O[C@@H]1[C@@H](O[C@@H]2OC[C@H](O)[C@H](O)[C@H]2O)[C@@H](O)[C@H](O[C@H]2[C@H](OC(=O)[C@]34CCC(C)(C)C[C@H]3C3=CC[C@@H]5[C@@]6(C)C[C@H](O)[C@H](O[C@@H]7O[C@H](CO)[C@@H](O[C@@H]8OC[C@@H](O)[C@H](O)[C@H]8O)[C@H](O)[C@H]7O)[C@@](C)(C(=O)O)[C@@H]6CC[C@@]5(C)[C@]3(C)C[C@H]4O)OC[C@@H](O)[C@@H]2O)O[C@H]1C. The Morgan fingerprint density at radius 1 is 0.568 bits per heavy atom. The maximum absolute atomic E-state index is 15.5. The van der Waals surface area contributed by atoms with Gasteiger partial charge in [-0.1, -0.05) is 46.3 Å². The van der Waals surface area contributed by atoms with Crippen molar-refractivity contribution >= 4 is 17.9 Å². The molecule has 0 spiro atoms. The monoisotopic (exact) mass is 1260 g/mol. The summed E-state index contributed by atoms with van der Waals surface area (Å²) in [7, 11) is 0. The number of fused-ring (bicyclic) bond motifs is 7. The van der Waals surface area contributed by atoms with E-state index in [-0.39, 0.29) is 37.0 Å². The maximum atomic E-state index is 15.5. The summed E-state index contributed by atoms with van der Waals surface area (Å²) in [5.74, 6) is -4.75. The number of aliphatic carboxylic acids is 1. The predicted octanol–water partition coefficient (Wildman–Crippen LogP) is -3.69. The zero-order chi connectivity index (χ0) is 64.4. The van der Waals surface area contributed by atoms with Gasteiger partial charge < -0.3 is 129 Å². The highest BCUT2D eigenvalue weighted by Gasteiger charge is 2.74. The fourth-order valence-electron chi connectivity index (χ4n) is 17.6. The van der Waals surface area contributed by atoms with Crippen LogP contribution in [0.25, 0.3) is 0 Å². The number of rotatable bonds is 13. The molecule has 0 bridgehead atoms. The van der Waals surface area contributed by atoms with Crippen LogP contribution in [-0.2, 0) is 66.5 Å². The van der Waals surface area contributed by atoms with E-state index in [1.165, 1.54) is 13.8 Å². The zero-order valence-corrected chi connectivity index (χ0v) is 50.7. The Morgan fingerprint density at radius 3 is 1.72 bits per heavy atom. The molecular weight excluding hydrogens is 1170 g/mol. The largest absolute Gasteiger partial charge is 0.481 e. The summed E-state index contributed by atoms with van der Waals surface area (Å²) in [5, 5.41) is 166. The number of carboxylic acid groups (broad SMARTS) is 1. The van der Waals surface area contributed by atoms with Gasteiger partial charge in [0.2, 0.25) is 6.29 Å². The molecule has 4 saturated carbocycles. The van der Waals surface area contributed by atoms with Crippen molar-refractivity contribution in [2.45, 2.75) is 260 Å². The van der Waals surface area contributed by atoms with Crippen LogP contribution < -0.4 is 0 Å². The van der Waals surface area contributed by atoms with E-state index in [0.717, 1.165) is 12.5 Å². The molecule has 0 aromatic carbocycles. The third-order valence-electron chi connectivity index (χ3n) is 22.7. The Labute approximate surface area is 508 Å². The Kier molecular flexibility index (Phi) is 19.2. The lowest BCUT2D eigenvalue weighted by atomic mass is 9.33. The Morgan fingerprint density at radius 2 is 1.12 bits per heavy atom. The van der Waals surface area contributed by atoms with Crippen LogP contribution in [0.15, 0.2) is 11.6 Å². The van der Waals surface area contributed by atoms with Crippen molar-refractivity contribution in [3.05, 3.63) is 11.6 Å². The van der Waals surface area contributed by atoms with Crippen molar-refractivity contribution in [1.82, 2.24) is 0 Å². The third-order valence-corrected chi connectivity index (χ3v) is 22.7. The van der Waals surface area contributed by atoms with Crippen LogP contribution in [0.1, 0.15) is 107 Å². The lowest BCUT2D eigenvalue weighted by molar-refractivity contribution is -0.371. The van der Waals surface area contributed by atoms with E-state index in [1.54, 1.807) is 0 Å². The first kappa shape index (κ1) is 68.1. The average Bonchev–Trinajstić information content (AvgIpc) is 0.674. The van der Waals surface area contributed by atoms with Crippen molar-refractivity contribution in [2.24, 2.45) is 50.2 Å². The summed E-state index contributed by atoms with van der Waals surface area (Å²) in [6.45, 7) is 12.0. The van der Waals surface area contributed by atoms with Crippen molar-refractivity contribution < 1.29 is 143 Å². The predicted molar refractivity (Wildman–Crippen MR) is 290 cm³/mol. The van der Waals surface area contributed by atoms with Gasteiger partial charge in [0.15, 0.2) is 37.4 Å². The number of carboxylic acids is 1. The number of aliphatic hydroxyl groups is 14. The second-order valence-electron chi connectivity index (χ2n) is 28.3. The molecule has 0 amide bonds. The zero-order valence-electron chi connectivity index (χ0n) is 50.7. The summed E-state index contributed by atoms with van der Waals surface area (Å²) in [5.41, 5.74) is -5.55. The van der Waals surface area contributed by atoms with Gasteiger partial charge in [0, 0.05) is 6.92 Å². The summed E-state index contributed by atoms with van der Waals surface area (Å²) in [6.07, 6.45) is -37.3. The molecule has 5 saturated heterocycles. The smallest absolute Gasteiger partial charge is 0.317 e. The minimum Gasteiger partial charge on any atom is -0.481 e. The molecule has 10 aliphatic rings. The Balaban J connectivity index is 0.897. The molecule has 88 heavy (non-hydrogen) atoms. The molecule has 10 rings (SSSR count). The molecule has 0 unspecified atom stereocenters. The van der Waals surface area contributed by atoms with Crippen LogP contribution >= 0.6 is 0 Å². The lowest BCUT2D eigenvalue weighted by Gasteiger charge is -2.71. The van der Waals surface area contributed by atoms with E-state index in [9.17, 15) is 86.2 Å². The Bertz CT molecular complexity index is 2560. The molecule has 5 heterocycles. The fraction of sp³-hybridized carbons (Fsp3) is 0.915. The number of esters is 2. The minimum absolute atomic E-state index is 0.00766. The first-order valence-corrected chi connectivity index (χ1v) is 30.7. The van der Waals surface area contributed by atoms with Crippen LogP contribution in [0, 0.1) is 50.2 Å². The van der Waals surface area contributed by atoms with Gasteiger partial charge in [0.25, 0.3) is 0 Å². The van der Waals surface area contributed by atoms with Crippen molar-refractivity contribution in [3.63, 3.8) is 0 Å². The van der Waals surface area contributed by atoms with E-state index in [2.05, 4.69) is 33.8 Å². The van der Waals surface area contributed by atoms with Gasteiger partial charge >= 0.3 is 17.9 Å². The van der Waals surface area contributed by atoms with Crippen LogP contribution in [0.4, 0.5) is 0 Å². The molecule has 0 aromatic heterocycles. The second kappa shape index (κ2) is 24.9. The van der Waals surface area contributed by atoms with Crippen LogP contribution in [0.2, 0.25) is 0 Å². The highest BCUT2D eigenvalue weighted by Crippen LogP contribution is 2.76.